The second-order valence-electron chi connectivity index (χ2n) is 23.1. The third-order valence-corrected chi connectivity index (χ3v) is 15.8. The molecule has 0 unspecified atom stereocenters. The molecule has 0 aliphatic heterocycles. The van der Waals surface area contributed by atoms with Crippen molar-refractivity contribution in [3.63, 3.8) is 0 Å². The summed E-state index contributed by atoms with van der Waals surface area (Å²) in [5.41, 5.74) is 3.37. The molecule has 24 N–H and O–H groups in total. The van der Waals surface area contributed by atoms with Crippen molar-refractivity contribution in [3.8, 4) is 138 Å². The second kappa shape index (κ2) is 32.6. The lowest BCUT2D eigenvalue weighted by atomic mass is 9.80. The van der Waals surface area contributed by atoms with Crippen LogP contribution in [0.2, 0.25) is 0 Å². The number of aromatic hydroxyl groups is 24. The van der Waals surface area contributed by atoms with E-state index in [1.54, 1.807) is 0 Å². The molecular weight excluding hydrogens is 1260 g/mol. The van der Waals surface area contributed by atoms with Crippen LogP contribution in [0.1, 0.15) is 70.2 Å². The number of ether oxygens (including phenoxy) is 4. The molecule has 0 aliphatic rings. The van der Waals surface area contributed by atoms with Gasteiger partial charge in [0.2, 0.25) is 0 Å². The van der Waals surface area contributed by atoms with Gasteiger partial charge in [0, 0.05) is 13.2 Å². The maximum absolute atomic E-state index is 10.2. The van der Waals surface area contributed by atoms with Gasteiger partial charge < -0.3 is 142 Å². The number of rotatable bonds is 30. The Morgan fingerprint density at radius 2 is 0.354 bits per heavy atom. The van der Waals surface area contributed by atoms with Gasteiger partial charge in [-0.15, -0.1) is 0 Å². The van der Waals surface area contributed by atoms with Gasteiger partial charge in [0.15, 0.2) is 138 Å². The van der Waals surface area contributed by atoms with E-state index in [-0.39, 0.29) is 90.4 Å². The fraction of sp³-hybridized carbons (Fsp3) is 0.294. The third-order valence-electron chi connectivity index (χ3n) is 15.8. The Morgan fingerprint density at radius 3 is 0.542 bits per heavy atom. The average Bonchev–Trinajstić information content (AvgIpc) is 0.863. The van der Waals surface area contributed by atoms with Gasteiger partial charge in [-0.25, -0.2) is 0 Å². The quantitative estimate of drug-likeness (QED) is 0.0148. The van der Waals surface area contributed by atoms with E-state index in [1.807, 2.05) is 0 Å². The standard InChI is InChI=1S/2C34H38O14/c2*35-23-6-17(7-24(36)31(23)43)4-21(2-1-3-47-14-19-10-27(39)33(45)28(40)11-19)22(5-18-8-25(37)32(44)26(38)9-18)16-48-15-20-12-29(41)34(46)30(42)13-20/h2*6-13,21-22,35-46H,1-5,14-16H2/t2*21-,22+/m10/s1. The summed E-state index contributed by atoms with van der Waals surface area (Å²) >= 11 is 0. The summed E-state index contributed by atoms with van der Waals surface area (Å²) < 4.78 is 23.4. The molecule has 28 nitrogen and oxygen atoms in total. The van der Waals surface area contributed by atoms with Crippen molar-refractivity contribution >= 4 is 0 Å². The van der Waals surface area contributed by atoms with Crippen LogP contribution in [0.4, 0.5) is 0 Å². The monoisotopic (exact) mass is 1340 g/mol. The number of benzene rings is 8. The zero-order chi connectivity index (χ0) is 70.2. The van der Waals surface area contributed by atoms with E-state index in [0.29, 0.717) is 70.2 Å². The summed E-state index contributed by atoms with van der Waals surface area (Å²) in [7, 11) is 0. The highest BCUT2D eigenvalue weighted by Gasteiger charge is 2.28. The van der Waals surface area contributed by atoms with Crippen molar-refractivity contribution in [3.05, 3.63) is 142 Å². The summed E-state index contributed by atoms with van der Waals surface area (Å²) in [6.07, 6.45) is 2.71. The van der Waals surface area contributed by atoms with Crippen LogP contribution >= 0.6 is 0 Å². The average molecular weight is 1340 g/mol. The summed E-state index contributed by atoms with van der Waals surface area (Å²) in [5, 5.41) is 238. The number of hydrogen-bond donors (Lipinski definition) is 24. The molecule has 8 aromatic carbocycles. The summed E-state index contributed by atoms with van der Waals surface area (Å²) in [4.78, 5) is 0. The maximum Gasteiger partial charge on any atom is 0.200 e. The minimum absolute atomic E-state index is 0.0106. The van der Waals surface area contributed by atoms with Crippen LogP contribution < -0.4 is 0 Å². The normalized spacial score (nSPS) is 12.6. The lowest BCUT2D eigenvalue weighted by Crippen LogP contribution is -2.25. The molecule has 4 atom stereocenters. The topological polar surface area (TPSA) is 522 Å². The molecule has 0 aliphatic carbocycles. The van der Waals surface area contributed by atoms with Crippen molar-refractivity contribution < 1.29 is 142 Å². The smallest absolute Gasteiger partial charge is 0.200 e. The highest BCUT2D eigenvalue weighted by atomic mass is 16.5. The van der Waals surface area contributed by atoms with Gasteiger partial charge in [0.25, 0.3) is 0 Å². The van der Waals surface area contributed by atoms with Gasteiger partial charge >= 0.3 is 0 Å². The molecular formula is C68H76O28. The largest absolute Gasteiger partial charge is 0.504 e. The van der Waals surface area contributed by atoms with Gasteiger partial charge in [0.1, 0.15) is 0 Å². The van der Waals surface area contributed by atoms with Crippen LogP contribution in [0.3, 0.4) is 0 Å². The number of hydrogen-bond acceptors (Lipinski definition) is 28. The van der Waals surface area contributed by atoms with Crippen LogP contribution in [0.5, 0.6) is 138 Å². The summed E-state index contributed by atoms with van der Waals surface area (Å²) in [6.45, 7) is 0.348. The molecule has 28 heteroatoms. The van der Waals surface area contributed by atoms with Crippen LogP contribution in [0, 0.1) is 23.7 Å². The molecule has 0 bridgehead atoms. The second-order valence-corrected chi connectivity index (χ2v) is 23.1. The highest BCUT2D eigenvalue weighted by Crippen LogP contribution is 2.44. The van der Waals surface area contributed by atoms with Gasteiger partial charge in [-0.05, 0) is 217 Å². The first-order chi connectivity index (χ1) is 45.5. The van der Waals surface area contributed by atoms with E-state index in [1.165, 1.54) is 97.1 Å². The lowest BCUT2D eigenvalue weighted by Gasteiger charge is -2.28. The van der Waals surface area contributed by atoms with Gasteiger partial charge in [-0.2, -0.15) is 0 Å². The van der Waals surface area contributed by atoms with Crippen molar-refractivity contribution in [1.29, 1.82) is 0 Å². The molecule has 8 aromatic rings. The Bertz CT molecular complexity index is 3540. The van der Waals surface area contributed by atoms with E-state index >= 15 is 0 Å². The van der Waals surface area contributed by atoms with Crippen LogP contribution in [-0.2, 0) is 71.1 Å². The fourth-order valence-corrected chi connectivity index (χ4v) is 11.0. The Hall–Kier alpha value is -11.2. The highest BCUT2D eigenvalue weighted by molar-refractivity contribution is 5.56. The van der Waals surface area contributed by atoms with E-state index < -0.39 is 150 Å². The molecule has 0 amide bonds. The molecule has 0 aromatic heterocycles. The first kappa shape index (κ1) is 72.2. The van der Waals surface area contributed by atoms with Crippen LogP contribution in [0.25, 0.3) is 0 Å². The molecule has 0 fully saturated rings. The van der Waals surface area contributed by atoms with Crippen LogP contribution in [-0.4, -0.2) is 149 Å². The van der Waals surface area contributed by atoms with E-state index in [2.05, 4.69) is 0 Å². The first-order valence-corrected chi connectivity index (χ1v) is 29.7. The van der Waals surface area contributed by atoms with Gasteiger partial charge in [0.05, 0.1) is 39.6 Å². The zero-order valence-electron chi connectivity index (χ0n) is 51.2. The Balaban J connectivity index is 0.000000271. The van der Waals surface area contributed by atoms with Crippen LogP contribution in [0.15, 0.2) is 97.1 Å². The molecule has 0 spiro atoms. The molecule has 0 saturated carbocycles. The number of phenolic OH excluding ortho intramolecular Hbond substituents is 24. The van der Waals surface area contributed by atoms with Crippen molar-refractivity contribution in [2.24, 2.45) is 23.7 Å². The predicted octanol–water partition coefficient (Wildman–Crippen LogP) is 8.77. The first-order valence-electron chi connectivity index (χ1n) is 29.7. The number of phenols is 24. The molecule has 516 valence electrons. The van der Waals surface area contributed by atoms with Gasteiger partial charge in [-0.3, -0.25) is 0 Å². The fourth-order valence-electron chi connectivity index (χ4n) is 11.0. The summed E-state index contributed by atoms with van der Waals surface area (Å²) in [6, 6.07) is 20.3. The zero-order valence-corrected chi connectivity index (χ0v) is 51.2. The molecule has 8 rings (SSSR count). The predicted molar refractivity (Wildman–Crippen MR) is 337 cm³/mol. The minimum atomic E-state index is -0.683. The molecule has 96 heavy (non-hydrogen) atoms. The SMILES string of the molecule is Oc1cc(COCCC[C@@H](Cc2cc(O)c(O)c(O)c2)[C@@H](COCc2cc(O)c(O)c(O)c2)Cc2cc(O)c(O)c(O)c2)cc(O)c1O.Oc1cc(COCCC[C@H](Cc2cc(O)c(O)c(O)c2)[C@H](COCc2cc(O)c(O)c(O)c2)Cc2cc(O)c(O)c(O)c2)cc(O)c1O. The van der Waals surface area contributed by atoms with Crippen molar-refractivity contribution in [2.45, 2.75) is 77.8 Å². The molecule has 0 saturated heterocycles. The summed E-state index contributed by atoms with van der Waals surface area (Å²) in [5.74, 6) is -15.2. The third kappa shape index (κ3) is 19.4. The maximum atomic E-state index is 10.2. The lowest BCUT2D eigenvalue weighted by molar-refractivity contribution is 0.0578. The van der Waals surface area contributed by atoms with Gasteiger partial charge in [-0.1, -0.05) is 0 Å². The Morgan fingerprint density at radius 1 is 0.198 bits per heavy atom. The Labute approximate surface area is 547 Å². The molecule has 0 radical (unpaired) electrons. The minimum Gasteiger partial charge on any atom is -0.504 e. The molecule has 0 heterocycles. The van der Waals surface area contributed by atoms with E-state index in [4.69, 9.17) is 18.9 Å². The Kier molecular flexibility index (Phi) is 24.5. The van der Waals surface area contributed by atoms with Crippen molar-refractivity contribution in [1.82, 2.24) is 0 Å². The van der Waals surface area contributed by atoms with E-state index in [0.717, 1.165) is 0 Å². The van der Waals surface area contributed by atoms with E-state index in [9.17, 15) is 123 Å². The van der Waals surface area contributed by atoms with Crippen molar-refractivity contribution in [2.75, 3.05) is 26.4 Å².